The summed E-state index contributed by atoms with van der Waals surface area (Å²) in [6, 6.07) is 3.39. The topological polar surface area (TPSA) is 69.4 Å². The second-order valence-electron chi connectivity index (χ2n) is 4.52. The lowest BCUT2D eigenvalue weighted by Crippen LogP contribution is -2.16. The number of esters is 1. The highest BCUT2D eigenvalue weighted by Crippen LogP contribution is 2.36. The number of methoxy groups -OCH3 is 1. The van der Waals surface area contributed by atoms with Gasteiger partial charge in [-0.05, 0) is 38.5 Å². The van der Waals surface area contributed by atoms with Crippen molar-refractivity contribution >= 4 is 29.7 Å². The summed E-state index contributed by atoms with van der Waals surface area (Å²) in [6.45, 7) is 9.44. The Morgan fingerprint density at radius 2 is 1.90 bits per heavy atom. The molecule has 0 aliphatic carbocycles. The number of thioether (sulfide) groups is 1. The van der Waals surface area contributed by atoms with E-state index in [1.165, 1.54) is 18.9 Å². The number of aldehydes is 1. The summed E-state index contributed by atoms with van der Waals surface area (Å²) in [4.78, 5) is 23.2. The van der Waals surface area contributed by atoms with Crippen LogP contribution in [0.15, 0.2) is 17.0 Å². The van der Waals surface area contributed by atoms with Crippen LogP contribution in [0.4, 0.5) is 5.69 Å². The standard InChI is InChI=1S/C13H17NO3S.C2H6/c1-8-5-11(18-13(2,3)7-15)10(14)6-9(8)12(16)17-4;1-2/h5-7H,14H2,1-4H3;1-2H3. The first-order valence-electron chi connectivity index (χ1n) is 6.44. The third-order valence-corrected chi connectivity index (χ3v) is 3.61. The minimum Gasteiger partial charge on any atom is -0.465 e. The van der Waals surface area contributed by atoms with Gasteiger partial charge < -0.3 is 15.3 Å². The van der Waals surface area contributed by atoms with Gasteiger partial charge in [-0.2, -0.15) is 0 Å². The Morgan fingerprint density at radius 1 is 1.35 bits per heavy atom. The lowest BCUT2D eigenvalue weighted by atomic mass is 10.1. The fourth-order valence-corrected chi connectivity index (χ4v) is 2.45. The number of nitrogen functional groups attached to an aromatic ring is 1. The average Bonchev–Trinajstić information content (AvgIpc) is 2.43. The highest BCUT2D eigenvalue weighted by molar-refractivity contribution is 8.01. The zero-order valence-electron chi connectivity index (χ0n) is 12.9. The van der Waals surface area contributed by atoms with Crippen LogP contribution < -0.4 is 5.73 Å². The van der Waals surface area contributed by atoms with Crippen LogP contribution in [-0.2, 0) is 9.53 Å². The largest absolute Gasteiger partial charge is 0.465 e. The number of hydrogen-bond acceptors (Lipinski definition) is 5. The van der Waals surface area contributed by atoms with E-state index in [-0.39, 0.29) is 0 Å². The normalized spacial score (nSPS) is 10.3. The Balaban J connectivity index is 0.00000172. The fraction of sp³-hybridized carbons (Fsp3) is 0.467. The van der Waals surface area contributed by atoms with E-state index in [2.05, 4.69) is 4.74 Å². The number of benzene rings is 1. The van der Waals surface area contributed by atoms with Crippen molar-refractivity contribution in [2.45, 2.75) is 44.3 Å². The van der Waals surface area contributed by atoms with Crippen LogP contribution in [0.25, 0.3) is 0 Å². The molecule has 0 aliphatic rings. The van der Waals surface area contributed by atoms with E-state index in [1.807, 2.05) is 34.6 Å². The maximum absolute atomic E-state index is 11.5. The van der Waals surface area contributed by atoms with E-state index in [9.17, 15) is 9.59 Å². The third-order valence-electron chi connectivity index (χ3n) is 2.42. The number of carbonyl (C=O) groups excluding carboxylic acids is 2. The van der Waals surface area contributed by atoms with Crippen LogP contribution in [0.2, 0.25) is 0 Å². The van der Waals surface area contributed by atoms with Crippen molar-refractivity contribution in [2.75, 3.05) is 12.8 Å². The summed E-state index contributed by atoms with van der Waals surface area (Å²) in [7, 11) is 1.33. The molecule has 0 bridgehead atoms. The predicted molar refractivity (Wildman–Crippen MR) is 84.3 cm³/mol. The molecule has 112 valence electrons. The Morgan fingerprint density at radius 3 is 2.35 bits per heavy atom. The molecule has 4 nitrogen and oxygen atoms in total. The summed E-state index contributed by atoms with van der Waals surface area (Å²) in [5.74, 6) is -0.412. The molecule has 0 spiro atoms. The van der Waals surface area contributed by atoms with Gasteiger partial charge in [-0.15, -0.1) is 11.8 Å². The minimum atomic E-state index is -0.548. The Kier molecular flexibility index (Phi) is 7.35. The SMILES string of the molecule is CC.COC(=O)c1cc(N)c(SC(C)(C)C=O)cc1C. The summed E-state index contributed by atoms with van der Waals surface area (Å²) in [5, 5.41) is 0. The van der Waals surface area contributed by atoms with Crippen molar-refractivity contribution in [1.82, 2.24) is 0 Å². The molecule has 0 heterocycles. The number of nitrogens with two attached hydrogens (primary N) is 1. The molecule has 2 N–H and O–H groups in total. The molecular weight excluding hydrogens is 274 g/mol. The second-order valence-corrected chi connectivity index (χ2v) is 6.22. The first kappa shape index (κ1) is 18.5. The monoisotopic (exact) mass is 297 g/mol. The molecule has 0 fully saturated rings. The van der Waals surface area contributed by atoms with Crippen LogP contribution in [0.5, 0.6) is 0 Å². The zero-order valence-corrected chi connectivity index (χ0v) is 13.8. The summed E-state index contributed by atoms with van der Waals surface area (Å²) in [6.07, 6.45) is 0.876. The molecule has 0 unspecified atom stereocenters. The predicted octanol–water partition coefficient (Wildman–Crippen LogP) is 3.46. The van der Waals surface area contributed by atoms with Gasteiger partial charge in [0.05, 0.1) is 17.4 Å². The van der Waals surface area contributed by atoms with Gasteiger partial charge in [-0.3, -0.25) is 0 Å². The van der Waals surface area contributed by atoms with Gasteiger partial charge in [0.1, 0.15) is 6.29 Å². The zero-order chi connectivity index (χ0) is 15.9. The van der Waals surface area contributed by atoms with Gasteiger partial charge in [0.25, 0.3) is 0 Å². The van der Waals surface area contributed by atoms with Crippen molar-refractivity contribution in [1.29, 1.82) is 0 Å². The van der Waals surface area contributed by atoms with Crippen LogP contribution in [0.1, 0.15) is 43.6 Å². The molecule has 1 aromatic carbocycles. The number of anilines is 1. The third kappa shape index (κ3) is 4.89. The van der Waals surface area contributed by atoms with Gasteiger partial charge in [-0.25, -0.2) is 4.79 Å². The molecule has 0 aliphatic heterocycles. The quantitative estimate of drug-likeness (QED) is 0.399. The van der Waals surface area contributed by atoms with Crippen molar-refractivity contribution in [2.24, 2.45) is 0 Å². The van der Waals surface area contributed by atoms with Gasteiger partial charge in [0.2, 0.25) is 0 Å². The van der Waals surface area contributed by atoms with Crippen molar-refractivity contribution in [3.8, 4) is 0 Å². The minimum absolute atomic E-state index is 0.412. The first-order chi connectivity index (χ1) is 9.30. The average molecular weight is 297 g/mol. The lowest BCUT2D eigenvalue weighted by molar-refractivity contribution is -0.109. The summed E-state index contributed by atoms with van der Waals surface area (Å²) < 4.78 is 4.13. The van der Waals surface area contributed by atoms with Gasteiger partial charge in [0, 0.05) is 10.6 Å². The maximum atomic E-state index is 11.5. The highest BCUT2D eigenvalue weighted by atomic mass is 32.2. The fourth-order valence-electron chi connectivity index (χ4n) is 1.42. The molecule has 0 atom stereocenters. The first-order valence-corrected chi connectivity index (χ1v) is 7.26. The van der Waals surface area contributed by atoms with E-state index in [0.717, 1.165) is 16.7 Å². The molecule has 1 aromatic rings. The van der Waals surface area contributed by atoms with E-state index < -0.39 is 10.7 Å². The number of ether oxygens (including phenoxy) is 1. The van der Waals surface area contributed by atoms with E-state index in [1.54, 1.807) is 12.1 Å². The Hall–Kier alpha value is -1.49. The smallest absolute Gasteiger partial charge is 0.338 e. The van der Waals surface area contributed by atoms with E-state index in [0.29, 0.717) is 11.3 Å². The van der Waals surface area contributed by atoms with Gasteiger partial charge >= 0.3 is 5.97 Å². The van der Waals surface area contributed by atoms with Crippen LogP contribution in [0.3, 0.4) is 0 Å². The molecule has 0 saturated heterocycles. The van der Waals surface area contributed by atoms with E-state index >= 15 is 0 Å². The number of rotatable bonds is 4. The molecule has 0 saturated carbocycles. The molecule has 0 radical (unpaired) electrons. The molecule has 1 rings (SSSR count). The van der Waals surface area contributed by atoms with Gasteiger partial charge in [0.15, 0.2) is 0 Å². The Bertz CT molecular complexity index is 484. The highest BCUT2D eigenvalue weighted by Gasteiger charge is 2.21. The van der Waals surface area contributed by atoms with Crippen LogP contribution in [0, 0.1) is 6.92 Å². The maximum Gasteiger partial charge on any atom is 0.338 e. The van der Waals surface area contributed by atoms with Crippen molar-refractivity contribution in [3.05, 3.63) is 23.3 Å². The molecule has 5 heteroatoms. The molecular formula is C15H23NO3S. The van der Waals surface area contributed by atoms with Crippen molar-refractivity contribution < 1.29 is 14.3 Å². The number of hydrogen-bond donors (Lipinski definition) is 1. The molecule has 0 aromatic heterocycles. The number of aryl methyl sites for hydroxylation is 1. The number of carbonyl (C=O) groups is 2. The van der Waals surface area contributed by atoms with E-state index in [4.69, 9.17) is 5.73 Å². The van der Waals surface area contributed by atoms with Crippen molar-refractivity contribution in [3.63, 3.8) is 0 Å². The van der Waals surface area contributed by atoms with Crippen LogP contribution in [-0.4, -0.2) is 24.1 Å². The summed E-state index contributed by atoms with van der Waals surface area (Å²) in [5.41, 5.74) is 7.60. The summed E-state index contributed by atoms with van der Waals surface area (Å²) >= 11 is 1.37. The second kappa shape index (κ2) is 7.94. The lowest BCUT2D eigenvalue weighted by Gasteiger charge is -2.18. The Labute approximate surface area is 125 Å². The van der Waals surface area contributed by atoms with Gasteiger partial charge in [-0.1, -0.05) is 13.8 Å². The van der Waals surface area contributed by atoms with Crippen LogP contribution >= 0.6 is 11.8 Å². The molecule has 0 amide bonds. The molecule has 20 heavy (non-hydrogen) atoms.